The molecule has 1 saturated heterocycles. The van der Waals surface area contributed by atoms with E-state index in [1.54, 1.807) is 28.0 Å². The highest BCUT2D eigenvalue weighted by Gasteiger charge is 2.43. The number of halogens is 1. The van der Waals surface area contributed by atoms with Crippen LogP contribution in [-0.2, 0) is 9.53 Å². The van der Waals surface area contributed by atoms with Crippen LogP contribution >= 0.6 is 0 Å². The molecule has 0 bridgehead atoms. The monoisotopic (exact) mass is 400 g/mol. The van der Waals surface area contributed by atoms with E-state index in [0.717, 1.165) is 19.6 Å². The van der Waals surface area contributed by atoms with Crippen LogP contribution < -0.4 is 5.32 Å². The summed E-state index contributed by atoms with van der Waals surface area (Å²) in [6, 6.07) is 5.04. The Morgan fingerprint density at radius 3 is 2.59 bits per heavy atom. The molecule has 29 heavy (non-hydrogen) atoms. The summed E-state index contributed by atoms with van der Waals surface area (Å²) in [5.74, 6) is -0.445. The fraction of sp³-hybridized carbons (Fsp3) is 0.429. The first-order valence-electron chi connectivity index (χ1n) is 9.85. The van der Waals surface area contributed by atoms with Gasteiger partial charge in [0.1, 0.15) is 5.82 Å². The first-order chi connectivity index (χ1) is 14.1. The molecule has 8 heteroatoms. The Labute approximate surface area is 169 Å². The van der Waals surface area contributed by atoms with Crippen molar-refractivity contribution in [1.82, 2.24) is 20.0 Å². The summed E-state index contributed by atoms with van der Waals surface area (Å²) in [6.45, 7) is 8.91. The summed E-state index contributed by atoms with van der Waals surface area (Å²) in [7, 11) is 0. The second kappa shape index (κ2) is 8.34. The number of nitrogens with zero attached hydrogens (tertiary/aromatic N) is 3. The number of carbonyl (C=O) groups is 2. The van der Waals surface area contributed by atoms with Crippen LogP contribution in [0.4, 0.5) is 9.18 Å². The van der Waals surface area contributed by atoms with Gasteiger partial charge in [-0.2, -0.15) is 0 Å². The van der Waals surface area contributed by atoms with Gasteiger partial charge in [0.15, 0.2) is 0 Å². The van der Waals surface area contributed by atoms with Crippen LogP contribution in [0.1, 0.15) is 11.6 Å². The van der Waals surface area contributed by atoms with Crippen LogP contribution in [0.15, 0.2) is 48.2 Å². The van der Waals surface area contributed by atoms with Crippen molar-refractivity contribution in [2.45, 2.75) is 6.04 Å². The fourth-order valence-corrected chi connectivity index (χ4v) is 4.04. The van der Waals surface area contributed by atoms with E-state index in [9.17, 15) is 14.0 Å². The SMILES string of the molecule is C=CCN1C(=O)NC(c2ccc(F)cc2)C2=C1CN(CCN1CCOCC1)C2=O. The molecule has 0 saturated carbocycles. The third-order valence-corrected chi connectivity index (χ3v) is 5.60. The largest absolute Gasteiger partial charge is 0.379 e. The number of rotatable bonds is 6. The van der Waals surface area contributed by atoms with Gasteiger partial charge in [-0.1, -0.05) is 18.2 Å². The van der Waals surface area contributed by atoms with Crippen LogP contribution in [0.3, 0.4) is 0 Å². The number of morpholine rings is 1. The average molecular weight is 400 g/mol. The topological polar surface area (TPSA) is 65.1 Å². The molecule has 0 aliphatic carbocycles. The summed E-state index contributed by atoms with van der Waals surface area (Å²) in [6.07, 6.45) is 1.64. The highest BCUT2D eigenvalue weighted by atomic mass is 19.1. The minimum Gasteiger partial charge on any atom is -0.379 e. The normalized spacial score (nSPS) is 22.7. The van der Waals surface area contributed by atoms with Gasteiger partial charge >= 0.3 is 6.03 Å². The minimum atomic E-state index is -0.583. The Hall–Kier alpha value is -2.71. The number of amides is 3. The summed E-state index contributed by atoms with van der Waals surface area (Å²) in [5.41, 5.74) is 1.95. The summed E-state index contributed by atoms with van der Waals surface area (Å²) < 4.78 is 18.7. The van der Waals surface area contributed by atoms with E-state index in [1.807, 2.05) is 0 Å². The quantitative estimate of drug-likeness (QED) is 0.736. The van der Waals surface area contributed by atoms with E-state index in [1.165, 1.54) is 12.1 Å². The number of nitrogens with one attached hydrogen (secondary N) is 1. The molecule has 3 amide bonds. The predicted molar refractivity (Wildman–Crippen MR) is 105 cm³/mol. The van der Waals surface area contributed by atoms with E-state index in [-0.39, 0.29) is 17.8 Å². The highest BCUT2D eigenvalue weighted by Crippen LogP contribution is 2.36. The zero-order valence-electron chi connectivity index (χ0n) is 16.3. The number of hydrogen-bond acceptors (Lipinski definition) is 4. The number of benzene rings is 1. The van der Waals surface area contributed by atoms with Crippen LogP contribution in [-0.4, -0.2) is 79.1 Å². The molecule has 3 aliphatic rings. The maximum Gasteiger partial charge on any atom is 0.322 e. The summed E-state index contributed by atoms with van der Waals surface area (Å²) in [4.78, 5) is 31.6. The first-order valence-corrected chi connectivity index (χ1v) is 9.85. The Morgan fingerprint density at radius 1 is 1.17 bits per heavy atom. The molecule has 4 rings (SSSR count). The van der Waals surface area contributed by atoms with Crippen molar-refractivity contribution < 1.29 is 18.7 Å². The second-order valence-corrected chi connectivity index (χ2v) is 7.37. The van der Waals surface area contributed by atoms with E-state index in [2.05, 4.69) is 16.8 Å². The molecule has 0 radical (unpaired) electrons. The van der Waals surface area contributed by atoms with E-state index < -0.39 is 6.04 Å². The van der Waals surface area contributed by atoms with Gasteiger partial charge in [-0.3, -0.25) is 14.6 Å². The first kappa shape index (κ1) is 19.6. The molecule has 3 heterocycles. The third kappa shape index (κ3) is 3.90. The van der Waals surface area contributed by atoms with Gasteiger partial charge in [0, 0.05) is 32.7 Å². The number of hydrogen-bond donors (Lipinski definition) is 1. The fourth-order valence-electron chi connectivity index (χ4n) is 4.04. The van der Waals surface area contributed by atoms with E-state index in [4.69, 9.17) is 4.74 Å². The van der Waals surface area contributed by atoms with Crippen molar-refractivity contribution in [3.8, 4) is 0 Å². The van der Waals surface area contributed by atoms with Gasteiger partial charge in [0.05, 0.1) is 37.1 Å². The second-order valence-electron chi connectivity index (χ2n) is 7.37. The molecular weight excluding hydrogens is 375 g/mol. The van der Waals surface area contributed by atoms with E-state index >= 15 is 0 Å². The molecular formula is C21H25FN4O3. The Bertz CT molecular complexity index is 833. The molecule has 3 aliphatic heterocycles. The van der Waals surface area contributed by atoms with Crippen LogP contribution in [0.25, 0.3) is 0 Å². The maximum atomic E-state index is 13.4. The minimum absolute atomic E-state index is 0.0864. The Balaban J connectivity index is 1.58. The maximum absolute atomic E-state index is 13.4. The Morgan fingerprint density at radius 2 is 1.90 bits per heavy atom. The molecule has 1 aromatic rings. The van der Waals surface area contributed by atoms with Crippen molar-refractivity contribution in [1.29, 1.82) is 0 Å². The lowest BCUT2D eigenvalue weighted by Gasteiger charge is -2.33. The van der Waals surface area contributed by atoms with Crippen molar-refractivity contribution >= 4 is 11.9 Å². The van der Waals surface area contributed by atoms with Crippen molar-refractivity contribution in [2.75, 3.05) is 52.5 Å². The van der Waals surface area contributed by atoms with Gasteiger partial charge in [-0.25, -0.2) is 9.18 Å². The predicted octanol–water partition coefficient (Wildman–Crippen LogP) is 1.51. The molecule has 1 fully saturated rings. The molecule has 154 valence electrons. The molecule has 1 aromatic carbocycles. The van der Waals surface area contributed by atoms with Gasteiger partial charge in [0.2, 0.25) is 0 Å². The van der Waals surface area contributed by atoms with Crippen molar-refractivity contribution in [3.05, 3.63) is 59.6 Å². The molecule has 1 N–H and O–H groups in total. The van der Waals surface area contributed by atoms with Crippen LogP contribution in [0, 0.1) is 5.82 Å². The number of ether oxygens (including phenoxy) is 1. The third-order valence-electron chi connectivity index (χ3n) is 5.60. The number of urea groups is 1. The standard InChI is InChI=1S/C21H25FN4O3/c1-2-7-26-17-14-25(9-8-24-10-12-29-13-11-24)20(27)18(17)19(23-21(26)28)15-3-5-16(22)6-4-15/h2-6,19H,1,7-14H2,(H,23,28). The lowest BCUT2D eigenvalue weighted by atomic mass is 9.95. The molecule has 0 aromatic heterocycles. The zero-order chi connectivity index (χ0) is 20.4. The van der Waals surface area contributed by atoms with Crippen molar-refractivity contribution in [3.63, 3.8) is 0 Å². The van der Waals surface area contributed by atoms with Crippen LogP contribution in [0.5, 0.6) is 0 Å². The average Bonchev–Trinajstić information content (AvgIpc) is 3.06. The van der Waals surface area contributed by atoms with Gasteiger partial charge in [-0.05, 0) is 17.7 Å². The van der Waals surface area contributed by atoms with Gasteiger partial charge < -0.3 is 15.0 Å². The highest BCUT2D eigenvalue weighted by molar-refractivity contribution is 6.01. The van der Waals surface area contributed by atoms with E-state index in [0.29, 0.717) is 49.7 Å². The Kier molecular flexibility index (Phi) is 5.64. The lowest BCUT2D eigenvalue weighted by Crippen LogP contribution is -2.47. The molecule has 1 unspecified atom stereocenters. The summed E-state index contributed by atoms with van der Waals surface area (Å²) >= 11 is 0. The van der Waals surface area contributed by atoms with Crippen molar-refractivity contribution in [2.24, 2.45) is 0 Å². The lowest BCUT2D eigenvalue weighted by molar-refractivity contribution is -0.126. The molecule has 7 nitrogen and oxygen atoms in total. The van der Waals surface area contributed by atoms with Gasteiger partial charge in [-0.15, -0.1) is 6.58 Å². The smallest absolute Gasteiger partial charge is 0.322 e. The zero-order valence-corrected chi connectivity index (χ0v) is 16.3. The molecule has 0 spiro atoms. The van der Waals surface area contributed by atoms with Crippen LogP contribution in [0.2, 0.25) is 0 Å². The molecule has 1 atom stereocenters. The number of carbonyl (C=O) groups excluding carboxylic acids is 2. The summed E-state index contributed by atoms with van der Waals surface area (Å²) in [5, 5.41) is 2.90. The van der Waals surface area contributed by atoms with Gasteiger partial charge in [0.25, 0.3) is 5.91 Å².